The van der Waals surface area contributed by atoms with Crippen molar-refractivity contribution in [3.63, 3.8) is 0 Å². The number of hydrogen-bond donors (Lipinski definition) is 1. The molecule has 1 amide bonds. The molecule has 0 saturated carbocycles. The van der Waals surface area contributed by atoms with Crippen LogP contribution in [-0.2, 0) is 21.8 Å². The molecule has 0 bridgehead atoms. The molecular formula is C13H21ClN4O4S. The Hall–Kier alpha value is -1.16. The molecule has 8 nitrogen and oxygen atoms in total. The molecule has 130 valence electrons. The molecule has 0 aromatic carbocycles. The van der Waals surface area contributed by atoms with Crippen LogP contribution in [0.1, 0.15) is 16.2 Å². The van der Waals surface area contributed by atoms with Crippen LogP contribution in [-0.4, -0.2) is 67.5 Å². The van der Waals surface area contributed by atoms with Crippen molar-refractivity contribution in [2.75, 3.05) is 33.1 Å². The van der Waals surface area contributed by atoms with Crippen LogP contribution >= 0.6 is 11.6 Å². The summed E-state index contributed by atoms with van der Waals surface area (Å²) in [6.07, 6.45) is 0. The summed E-state index contributed by atoms with van der Waals surface area (Å²) in [6, 6.07) is -0.393. The Morgan fingerprint density at radius 1 is 1.48 bits per heavy atom. The number of nitrogens with zero attached hydrogens (tertiary/aromatic N) is 3. The van der Waals surface area contributed by atoms with E-state index in [9.17, 15) is 13.2 Å². The summed E-state index contributed by atoms with van der Waals surface area (Å²) in [5, 5.41) is 7.16. The highest BCUT2D eigenvalue weighted by atomic mass is 35.5. The standard InChI is InChI=1S/C13H21ClN4O4S/c1-8-11(14)12(16-18(8)4)13(19)15-10-6-22-5-9(10)7-23(20,21)17(2)3/h9-10H,5-7H2,1-4H3,(H,15,19)/t9-,10+/m0/s1. The van der Waals surface area contributed by atoms with Gasteiger partial charge in [0.2, 0.25) is 10.0 Å². The molecule has 0 unspecified atom stereocenters. The molecule has 1 N–H and O–H groups in total. The molecular weight excluding hydrogens is 344 g/mol. The van der Waals surface area contributed by atoms with E-state index in [4.69, 9.17) is 16.3 Å². The lowest BCUT2D eigenvalue weighted by Crippen LogP contribution is -2.43. The number of ether oxygens (including phenoxy) is 1. The fraction of sp³-hybridized carbons (Fsp3) is 0.692. The van der Waals surface area contributed by atoms with Crippen LogP contribution in [0.3, 0.4) is 0 Å². The quantitative estimate of drug-likeness (QED) is 0.794. The number of halogens is 1. The van der Waals surface area contributed by atoms with Crippen molar-refractivity contribution in [3.05, 3.63) is 16.4 Å². The van der Waals surface area contributed by atoms with Crippen LogP contribution in [0.15, 0.2) is 0 Å². The first-order valence-electron chi connectivity index (χ1n) is 7.11. The average Bonchev–Trinajstić information content (AvgIpc) is 2.98. The molecule has 0 aliphatic carbocycles. The van der Waals surface area contributed by atoms with Gasteiger partial charge in [0, 0.05) is 27.1 Å². The van der Waals surface area contributed by atoms with Crippen molar-refractivity contribution in [3.8, 4) is 0 Å². The summed E-state index contributed by atoms with van der Waals surface area (Å²) < 4.78 is 32.1. The minimum Gasteiger partial charge on any atom is -0.379 e. The predicted molar refractivity (Wildman–Crippen MR) is 86.0 cm³/mol. The van der Waals surface area contributed by atoms with E-state index >= 15 is 0 Å². The van der Waals surface area contributed by atoms with E-state index < -0.39 is 22.0 Å². The van der Waals surface area contributed by atoms with Gasteiger partial charge in [-0.1, -0.05) is 11.6 Å². The Morgan fingerprint density at radius 3 is 2.65 bits per heavy atom. The molecule has 10 heteroatoms. The van der Waals surface area contributed by atoms with Crippen molar-refractivity contribution in [1.29, 1.82) is 0 Å². The van der Waals surface area contributed by atoms with Gasteiger partial charge in [-0.25, -0.2) is 12.7 Å². The number of carbonyl (C=O) groups excluding carboxylic acids is 1. The Balaban J connectivity index is 2.09. The molecule has 0 radical (unpaired) electrons. The number of aromatic nitrogens is 2. The maximum absolute atomic E-state index is 12.3. The van der Waals surface area contributed by atoms with Crippen LogP contribution in [0.2, 0.25) is 5.02 Å². The van der Waals surface area contributed by atoms with Gasteiger partial charge in [-0.15, -0.1) is 0 Å². The second kappa shape index (κ2) is 6.76. The summed E-state index contributed by atoms with van der Waals surface area (Å²) in [4.78, 5) is 12.3. The molecule has 1 fully saturated rings. The van der Waals surface area contributed by atoms with Crippen molar-refractivity contribution in [2.24, 2.45) is 13.0 Å². The molecule has 2 heterocycles. The number of carbonyl (C=O) groups is 1. The van der Waals surface area contributed by atoms with Crippen molar-refractivity contribution in [1.82, 2.24) is 19.4 Å². The van der Waals surface area contributed by atoms with Gasteiger partial charge in [0.1, 0.15) is 0 Å². The Kier molecular flexibility index (Phi) is 5.34. The predicted octanol–water partition coefficient (Wildman–Crippen LogP) is 0.0181. The molecule has 1 saturated heterocycles. The lowest BCUT2D eigenvalue weighted by Gasteiger charge is -2.20. The normalized spacial score (nSPS) is 21.8. The minimum absolute atomic E-state index is 0.0834. The van der Waals surface area contributed by atoms with Gasteiger partial charge in [-0.05, 0) is 6.92 Å². The second-order valence-electron chi connectivity index (χ2n) is 5.81. The summed E-state index contributed by atoms with van der Waals surface area (Å²) in [5.41, 5.74) is 0.819. The third-order valence-corrected chi connectivity index (χ3v) is 6.39. The Bertz CT molecular complexity index is 701. The highest BCUT2D eigenvalue weighted by molar-refractivity contribution is 7.89. The monoisotopic (exact) mass is 364 g/mol. The zero-order valence-electron chi connectivity index (χ0n) is 13.5. The van der Waals surface area contributed by atoms with Gasteiger partial charge in [-0.2, -0.15) is 5.10 Å². The van der Waals surface area contributed by atoms with E-state index in [0.29, 0.717) is 10.7 Å². The van der Waals surface area contributed by atoms with E-state index in [2.05, 4.69) is 10.4 Å². The van der Waals surface area contributed by atoms with Crippen molar-refractivity contribution < 1.29 is 17.9 Å². The number of aryl methyl sites for hydroxylation is 1. The van der Waals surface area contributed by atoms with Gasteiger partial charge in [0.05, 0.1) is 35.7 Å². The van der Waals surface area contributed by atoms with Gasteiger partial charge >= 0.3 is 0 Å². The number of sulfonamides is 1. The number of nitrogens with one attached hydrogen (secondary N) is 1. The first kappa shape index (κ1) is 18.2. The van der Waals surface area contributed by atoms with E-state index in [0.717, 1.165) is 0 Å². The van der Waals surface area contributed by atoms with Crippen molar-refractivity contribution in [2.45, 2.75) is 13.0 Å². The molecule has 23 heavy (non-hydrogen) atoms. The van der Waals surface area contributed by atoms with E-state index in [1.54, 1.807) is 14.0 Å². The highest BCUT2D eigenvalue weighted by Crippen LogP contribution is 2.21. The molecule has 2 atom stereocenters. The third kappa shape index (κ3) is 3.85. The summed E-state index contributed by atoms with van der Waals surface area (Å²) in [5.74, 6) is -0.823. The van der Waals surface area contributed by atoms with Gasteiger partial charge < -0.3 is 10.1 Å². The van der Waals surface area contributed by atoms with Crippen LogP contribution in [0.5, 0.6) is 0 Å². The smallest absolute Gasteiger partial charge is 0.273 e. The Labute approximate surface area is 140 Å². The van der Waals surface area contributed by atoms with E-state index in [1.807, 2.05) is 0 Å². The number of rotatable bonds is 5. The fourth-order valence-corrected chi connectivity index (χ4v) is 3.72. The van der Waals surface area contributed by atoms with Crippen LogP contribution in [0.4, 0.5) is 0 Å². The summed E-state index contributed by atoms with van der Waals surface area (Å²) >= 11 is 6.10. The first-order valence-corrected chi connectivity index (χ1v) is 9.10. The minimum atomic E-state index is -3.37. The number of amides is 1. The zero-order valence-corrected chi connectivity index (χ0v) is 15.1. The zero-order chi connectivity index (χ0) is 17.4. The third-order valence-electron chi connectivity index (χ3n) is 3.97. The molecule has 2 rings (SSSR count). The number of hydrogen-bond acceptors (Lipinski definition) is 5. The van der Waals surface area contributed by atoms with Crippen LogP contribution < -0.4 is 5.32 Å². The molecule has 1 aromatic rings. The molecule has 1 aliphatic heterocycles. The average molecular weight is 365 g/mol. The summed E-state index contributed by atoms with van der Waals surface area (Å²) in [6.45, 7) is 2.31. The largest absolute Gasteiger partial charge is 0.379 e. The van der Waals surface area contributed by atoms with Crippen LogP contribution in [0.25, 0.3) is 0 Å². The lowest BCUT2D eigenvalue weighted by atomic mass is 10.1. The molecule has 1 aliphatic rings. The van der Waals surface area contributed by atoms with Gasteiger partial charge in [-0.3, -0.25) is 9.48 Å². The lowest BCUT2D eigenvalue weighted by molar-refractivity contribution is 0.0920. The second-order valence-corrected chi connectivity index (χ2v) is 8.42. The van der Waals surface area contributed by atoms with Crippen molar-refractivity contribution >= 4 is 27.5 Å². The fourth-order valence-electron chi connectivity index (χ4n) is 2.31. The SMILES string of the molecule is Cc1c(Cl)c(C(=O)N[C@@H]2COC[C@H]2CS(=O)(=O)N(C)C)nn1C. The van der Waals surface area contributed by atoms with Crippen LogP contribution in [0, 0.1) is 12.8 Å². The Morgan fingerprint density at radius 2 is 2.13 bits per heavy atom. The van der Waals surface area contributed by atoms with E-state index in [-0.39, 0.29) is 30.6 Å². The molecule has 0 spiro atoms. The maximum atomic E-state index is 12.3. The molecule has 1 aromatic heterocycles. The van der Waals surface area contributed by atoms with E-state index in [1.165, 1.54) is 23.1 Å². The summed E-state index contributed by atoms with van der Waals surface area (Å²) in [7, 11) is 1.29. The maximum Gasteiger partial charge on any atom is 0.273 e. The van der Waals surface area contributed by atoms with Gasteiger partial charge in [0.15, 0.2) is 5.69 Å². The topological polar surface area (TPSA) is 93.5 Å². The van der Waals surface area contributed by atoms with Gasteiger partial charge in [0.25, 0.3) is 5.91 Å². The highest BCUT2D eigenvalue weighted by Gasteiger charge is 2.35. The first-order chi connectivity index (χ1) is 10.6.